The van der Waals surface area contributed by atoms with Gasteiger partial charge in [-0.1, -0.05) is 6.07 Å². The number of hydrogen-bond acceptors (Lipinski definition) is 5. The molecule has 1 aliphatic heterocycles. The van der Waals surface area contributed by atoms with Crippen molar-refractivity contribution in [3.05, 3.63) is 53.1 Å². The fourth-order valence-electron chi connectivity index (χ4n) is 3.20. The van der Waals surface area contributed by atoms with Gasteiger partial charge >= 0.3 is 12.2 Å². The molecule has 3 rings (SSSR count). The van der Waals surface area contributed by atoms with Crippen molar-refractivity contribution in [2.75, 3.05) is 19.1 Å². The standard InChI is InChI=1S/C21H20F3N3O5/c1-11-5-7-14(9-12(11)2)27-18(29)20(21(22,23)24,26-19(27)30)25-17(28)13-6-8-15(31-3)16(10-13)32-4/h5-10H,1-4H3,(H,25,28)(H,26,30). The van der Waals surface area contributed by atoms with Crippen LogP contribution in [0.25, 0.3) is 0 Å². The normalized spacial score (nSPS) is 18.4. The molecule has 0 radical (unpaired) electrons. The molecule has 0 aliphatic carbocycles. The molecule has 11 heteroatoms. The Kier molecular flexibility index (Phi) is 5.77. The summed E-state index contributed by atoms with van der Waals surface area (Å²) in [5.74, 6) is -2.58. The molecule has 2 aromatic carbocycles. The fourth-order valence-corrected chi connectivity index (χ4v) is 3.20. The number of urea groups is 1. The van der Waals surface area contributed by atoms with E-state index in [1.54, 1.807) is 30.5 Å². The van der Waals surface area contributed by atoms with E-state index in [2.05, 4.69) is 0 Å². The Bertz CT molecular complexity index is 1100. The molecule has 1 heterocycles. The highest BCUT2D eigenvalue weighted by Crippen LogP contribution is 2.37. The molecule has 0 spiro atoms. The lowest BCUT2D eigenvalue weighted by molar-refractivity contribution is -0.197. The molecule has 8 nitrogen and oxygen atoms in total. The highest BCUT2D eigenvalue weighted by atomic mass is 19.4. The monoisotopic (exact) mass is 451 g/mol. The van der Waals surface area contributed by atoms with Crippen LogP contribution in [0.4, 0.5) is 23.7 Å². The van der Waals surface area contributed by atoms with Crippen molar-refractivity contribution in [3.63, 3.8) is 0 Å². The summed E-state index contributed by atoms with van der Waals surface area (Å²) in [5, 5.41) is 3.28. The van der Waals surface area contributed by atoms with Crippen LogP contribution in [0.5, 0.6) is 11.5 Å². The maximum absolute atomic E-state index is 14.1. The van der Waals surface area contributed by atoms with Crippen LogP contribution in [0.2, 0.25) is 0 Å². The van der Waals surface area contributed by atoms with Crippen LogP contribution in [0, 0.1) is 13.8 Å². The van der Waals surface area contributed by atoms with Crippen LogP contribution >= 0.6 is 0 Å². The number of imide groups is 1. The zero-order chi connectivity index (χ0) is 23.8. The van der Waals surface area contributed by atoms with Crippen LogP contribution in [0.1, 0.15) is 21.5 Å². The number of amides is 4. The van der Waals surface area contributed by atoms with Crippen molar-refractivity contribution in [2.45, 2.75) is 25.7 Å². The molecular weight excluding hydrogens is 431 g/mol. The van der Waals surface area contributed by atoms with Gasteiger partial charge in [-0.2, -0.15) is 13.2 Å². The molecule has 1 unspecified atom stereocenters. The largest absolute Gasteiger partial charge is 0.493 e. The lowest BCUT2D eigenvalue weighted by Crippen LogP contribution is -2.69. The van der Waals surface area contributed by atoms with Gasteiger partial charge in [0.05, 0.1) is 19.9 Å². The van der Waals surface area contributed by atoms with E-state index in [1.807, 2.05) is 0 Å². The van der Waals surface area contributed by atoms with Crippen LogP contribution in [0.15, 0.2) is 36.4 Å². The van der Waals surface area contributed by atoms with E-state index < -0.39 is 29.7 Å². The predicted molar refractivity (Wildman–Crippen MR) is 108 cm³/mol. The second-order valence-electron chi connectivity index (χ2n) is 7.11. The van der Waals surface area contributed by atoms with E-state index >= 15 is 0 Å². The number of carbonyl (C=O) groups excluding carboxylic acids is 3. The maximum atomic E-state index is 14.1. The third-order valence-corrected chi connectivity index (χ3v) is 5.14. The first kappa shape index (κ1) is 22.9. The second kappa shape index (κ2) is 8.06. The van der Waals surface area contributed by atoms with Gasteiger partial charge in [0.15, 0.2) is 11.5 Å². The number of hydrogen-bond donors (Lipinski definition) is 2. The highest BCUT2D eigenvalue weighted by molar-refractivity contribution is 6.24. The number of nitrogens with zero attached hydrogens (tertiary/aromatic N) is 1. The van der Waals surface area contributed by atoms with Gasteiger partial charge in [0.1, 0.15) is 0 Å². The zero-order valence-electron chi connectivity index (χ0n) is 17.6. The molecule has 2 N–H and O–H groups in total. The number of halogens is 3. The van der Waals surface area contributed by atoms with E-state index in [-0.39, 0.29) is 22.7 Å². The number of aryl methyl sites for hydroxylation is 2. The van der Waals surface area contributed by atoms with Crippen LogP contribution in [0.3, 0.4) is 0 Å². The van der Waals surface area contributed by atoms with Crippen molar-refractivity contribution in [2.24, 2.45) is 0 Å². The molecule has 170 valence electrons. The SMILES string of the molecule is COc1ccc(C(=O)NC2(C(F)(F)F)NC(=O)N(c3ccc(C)c(C)c3)C2=O)cc1OC. The van der Waals surface area contributed by atoms with E-state index in [9.17, 15) is 27.6 Å². The molecule has 0 aromatic heterocycles. The van der Waals surface area contributed by atoms with Gasteiger partial charge in [-0.05, 0) is 55.3 Å². The van der Waals surface area contributed by atoms with E-state index in [1.165, 1.54) is 38.5 Å². The number of anilines is 1. The number of ether oxygens (including phenoxy) is 2. The summed E-state index contributed by atoms with van der Waals surface area (Å²) in [6.45, 7) is 3.46. The molecule has 1 fully saturated rings. The third-order valence-electron chi connectivity index (χ3n) is 5.14. The average Bonchev–Trinajstić information content (AvgIpc) is 2.99. The summed E-state index contributed by atoms with van der Waals surface area (Å²) >= 11 is 0. The van der Waals surface area contributed by atoms with Gasteiger partial charge in [0.2, 0.25) is 0 Å². The highest BCUT2D eigenvalue weighted by Gasteiger charge is 2.69. The van der Waals surface area contributed by atoms with Crippen LogP contribution < -0.4 is 25.0 Å². The third kappa shape index (κ3) is 3.70. The first-order chi connectivity index (χ1) is 14.9. The molecular formula is C21H20F3N3O5. The fraction of sp³-hybridized carbons (Fsp3) is 0.286. The maximum Gasteiger partial charge on any atom is 0.440 e. The van der Waals surface area contributed by atoms with Gasteiger partial charge < -0.3 is 14.8 Å². The number of rotatable bonds is 5. The van der Waals surface area contributed by atoms with E-state index in [0.29, 0.717) is 10.5 Å². The van der Waals surface area contributed by atoms with Gasteiger partial charge in [0, 0.05) is 5.56 Å². The smallest absolute Gasteiger partial charge is 0.440 e. The predicted octanol–water partition coefficient (Wildman–Crippen LogP) is 3.07. The summed E-state index contributed by atoms with van der Waals surface area (Å²) in [6.07, 6.45) is -5.33. The molecule has 1 aliphatic rings. The van der Waals surface area contributed by atoms with Crippen LogP contribution in [-0.2, 0) is 4.79 Å². The summed E-state index contributed by atoms with van der Waals surface area (Å²) in [6, 6.07) is 6.69. The Morgan fingerprint density at radius 2 is 1.66 bits per heavy atom. The minimum atomic E-state index is -5.33. The number of carbonyl (C=O) groups is 3. The van der Waals surface area contributed by atoms with E-state index in [0.717, 1.165) is 11.6 Å². The van der Waals surface area contributed by atoms with Gasteiger partial charge in [-0.15, -0.1) is 0 Å². The molecule has 1 atom stereocenters. The number of nitrogens with one attached hydrogen (secondary N) is 2. The Morgan fingerprint density at radius 1 is 1.00 bits per heavy atom. The minimum absolute atomic E-state index is 0.0536. The van der Waals surface area contributed by atoms with Crippen LogP contribution in [-0.4, -0.2) is 43.9 Å². The van der Waals surface area contributed by atoms with Crippen molar-refractivity contribution in [1.29, 1.82) is 0 Å². The molecule has 4 amide bonds. The summed E-state index contributed by atoms with van der Waals surface area (Å²) in [4.78, 5) is 38.4. The van der Waals surface area contributed by atoms with Crippen molar-refractivity contribution < 1.29 is 37.0 Å². The van der Waals surface area contributed by atoms with Crippen molar-refractivity contribution >= 4 is 23.5 Å². The summed E-state index contributed by atoms with van der Waals surface area (Å²) < 4.78 is 52.4. The Labute approximate surface area is 181 Å². The molecule has 0 saturated carbocycles. The average molecular weight is 451 g/mol. The quantitative estimate of drug-likeness (QED) is 0.682. The zero-order valence-corrected chi connectivity index (χ0v) is 17.6. The lowest BCUT2D eigenvalue weighted by Gasteiger charge is -2.30. The van der Waals surface area contributed by atoms with Crippen molar-refractivity contribution in [3.8, 4) is 11.5 Å². The Hall–Kier alpha value is -3.76. The minimum Gasteiger partial charge on any atom is -0.493 e. The van der Waals surface area contributed by atoms with Gasteiger partial charge in [-0.3, -0.25) is 14.9 Å². The molecule has 1 saturated heterocycles. The topological polar surface area (TPSA) is 97.0 Å². The Balaban J connectivity index is 2.01. The lowest BCUT2D eigenvalue weighted by atomic mass is 10.1. The molecule has 0 bridgehead atoms. The molecule has 2 aromatic rings. The van der Waals surface area contributed by atoms with Gasteiger partial charge in [-0.25, -0.2) is 9.69 Å². The first-order valence-corrected chi connectivity index (χ1v) is 9.30. The number of methoxy groups -OCH3 is 2. The number of benzene rings is 2. The van der Waals surface area contributed by atoms with E-state index in [4.69, 9.17) is 9.47 Å². The first-order valence-electron chi connectivity index (χ1n) is 9.30. The van der Waals surface area contributed by atoms with Crippen molar-refractivity contribution in [1.82, 2.24) is 10.6 Å². The molecule has 32 heavy (non-hydrogen) atoms. The summed E-state index contributed by atoms with van der Waals surface area (Å²) in [5.41, 5.74) is -2.45. The number of alkyl halides is 3. The second-order valence-corrected chi connectivity index (χ2v) is 7.11. The summed E-state index contributed by atoms with van der Waals surface area (Å²) in [7, 11) is 2.64. The van der Waals surface area contributed by atoms with Gasteiger partial charge in [0.25, 0.3) is 17.5 Å². The Morgan fingerprint density at radius 3 is 2.22 bits per heavy atom.